The molecule has 0 aliphatic heterocycles. The van der Waals surface area contributed by atoms with E-state index in [0.29, 0.717) is 6.04 Å². The molecule has 6 heteroatoms. The smallest absolute Gasteiger partial charge is 0.237 e. The van der Waals surface area contributed by atoms with Crippen molar-refractivity contribution in [2.75, 3.05) is 12.9 Å². The van der Waals surface area contributed by atoms with E-state index >= 15 is 0 Å². The second-order valence-corrected chi connectivity index (χ2v) is 4.46. The molecule has 17 heavy (non-hydrogen) atoms. The first-order chi connectivity index (χ1) is 7.74. The van der Waals surface area contributed by atoms with Crippen LogP contribution in [0.15, 0.2) is 18.5 Å². The van der Waals surface area contributed by atoms with Gasteiger partial charge >= 0.3 is 0 Å². The minimum Gasteiger partial charge on any atom is -0.340 e. The van der Waals surface area contributed by atoms with Gasteiger partial charge in [0.15, 0.2) is 0 Å². The van der Waals surface area contributed by atoms with Crippen LogP contribution in [-0.4, -0.2) is 39.6 Å². The molecule has 1 aliphatic carbocycles. The van der Waals surface area contributed by atoms with Gasteiger partial charge in [-0.1, -0.05) is 0 Å². The van der Waals surface area contributed by atoms with Gasteiger partial charge in [0.2, 0.25) is 5.91 Å². The van der Waals surface area contributed by atoms with E-state index < -0.39 is 0 Å². The quantitative estimate of drug-likeness (QED) is 0.794. The fourth-order valence-electron chi connectivity index (χ4n) is 2.44. The predicted octanol–water partition coefficient (Wildman–Crippen LogP) is 2.10. The third-order valence-electron chi connectivity index (χ3n) is 3.31. The van der Waals surface area contributed by atoms with E-state index in [1.54, 1.807) is 11.1 Å². The summed E-state index contributed by atoms with van der Waals surface area (Å²) in [5.41, 5.74) is 0. The summed E-state index contributed by atoms with van der Waals surface area (Å²) in [5.74, 6) is 0.0458. The Kier molecular flexibility index (Phi) is 5.28. The molecule has 0 saturated heterocycles. The van der Waals surface area contributed by atoms with Gasteiger partial charge < -0.3 is 4.90 Å². The van der Waals surface area contributed by atoms with Crippen molar-refractivity contribution in [1.29, 1.82) is 0 Å². The molecule has 0 spiro atoms. The van der Waals surface area contributed by atoms with Crippen molar-refractivity contribution >= 4 is 29.9 Å². The second-order valence-electron chi connectivity index (χ2n) is 4.19. The Morgan fingerprint density at radius 2 is 2.35 bits per heavy atom. The molecular formula is C11H17Cl2N3O. The molecule has 1 aromatic heterocycles. The van der Waals surface area contributed by atoms with Crippen molar-refractivity contribution in [3.05, 3.63) is 18.5 Å². The number of nitrogens with zero attached hydrogens (tertiary/aromatic N) is 3. The van der Waals surface area contributed by atoms with Crippen molar-refractivity contribution in [2.24, 2.45) is 0 Å². The lowest BCUT2D eigenvalue weighted by Gasteiger charge is -2.29. The van der Waals surface area contributed by atoms with Crippen LogP contribution in [0.3, 0.4) is 0 Å². The number of carbonyl (C=O) groups excluding carboxylic acids is 1. The Bertz CT molecular complexity index is 356. The average molecular weight is 278 g/mol. The van der Waals surface area contributed by atoms with Crippen molar-refractivity contribution in [3.63, 3.8) is 0 Å². The molecule has 0 radical (unpaired) electrons. The van der Waals surface area contributed by atoms with Crippen molar-refractivity contribution < 1.29 is 4.79 Å². The van der Waals surface area contributed by atoms with Crippen LogP contribution < -0.4 is 0 Å². The van der Waals surface area contributed by atoms with Crippen LogP contribution in [0.1, 0.15) is 25.3 Å². The molecule has 0 N–H and O–H groups in total. The average Bonchev–Trinajstić information content (AvgIpc) is 2.95. The normalized spacial score (nSPS) is 23.2. The summed E-state index contributed by atoms with van der Waals surface area (Å²) < 4.78 is 1.95. The summed E-state index contributed by atoms with van der Waals surface area (Å²) in [7, 11) is 1.83. The third-order valence-corrected chi connectivity index (χ3v) is 3.54. The zero-order chi connectivity index (χ0) is 11.5. The van der Waals surface area contributed by atoms with E-state index in [4.69, 9.17) is 11.6 Å². The molecule has 96 valence electrons. The Morgan fingerprint density at radius 1 is 1.59 bits per heavy atom. The van der Waals surface area contributed by atoms with Gasteiger partial charge in [-0.25, -0.2) is 0 Å². The van der Waals surface area contributed by atoms with E-state index in [1.165, 1.54) is 0 Å². The fourth-order valence-corrected chi connectivity index (χ4v) is 2.63. The molecule has 0 bridgehead atoms. The number of aromatic nitrogens is 2. The summed E-state index contributed by atoms with van der Waals surface area (Å²) in [6.07, 6.45) is 6.98. The molecule has 1 aromatic rings. The number of hydrogen-bond acceptors (Lipinski definition) is 2. The van der Waals surface area contributed by atoms with E-state index in [2.05, 4.69) is 5.10 Å². The van der Waals surface area contributed by atoms with Gasteiger partial charge in [0.25, 0.3) is 0 Å². The molecule has 4 nitrogen and oxygen atoms in total. The first kappa shape index (κ1) is 14.3. The maximum atomic E-state index is 11.6. The highest BCUT2D eigenvalue weighted by atomic mass is 35.5. The van der Waals surface area contributed by atoms with Gasteiger partial charge in [-0.3, -0.25) is 9.48 Å². The van der Waals surface area contributed by atoms with E-state index in [9.17, 15) is 4.79 Å². The Hall–Kier alpha value is -0.740. The van der Waals surface area contributed by atoms with Crippen LogP contribution in [0, 0.1) is 0 Å². The van der Waals surface area contributed by atoms with Gasteiger partial charge in [-0.05, 0) is 25.3 Å². The summed E-state index contributed by atoms with van der Waals surface area (Å²) in [4.78, 5) is 13.3. The minimum absolute atomic E-state index is 0. The highest BCUT2D eigenvalue weighted by Gasteiger charge is 2.33. The first-order valence-corrected chi connectivity index (χ1v) is 6.08. The second kappa shape index (κ2) is 6.26. The largest absolute Gasteiger partial charge is 0.340 e. The van der Waals surface area contributed by atoms with Crippen LogP contribution in [0.5, 0.6) is 0 Å². The van der Waals surface area contributed by atoms with Crippen molar-refractivity contribution in [2.45, 2.75) is 31.3 Å². The predicted molar refractivity (Wildman–Crippen MR) is 69.6 cm³/mol. The van der Waals surface area contributed by atoms with E-state index in [-0.39, 0.29) is 30.2 Å². The molecule has 1 heterocycles. The molecule has 1 saturated carbocycles. The Balaban J connectivity index is 0.00000144. The van der Waals surface area contributed by atoms with Crippen LogP contribution in [0.4, 0.5) is 0 Å². The topological polar surface area (TPSA) is 38.1 Å². The summed E-state index contributed by atoms with van der Waals surface area (Å²) in [6, 6.07) is 2.44. The lowest BCUT2D eigenvalue weighted by molar-refractivity contribution is -0.129. The lowest BCUT2D eigenvalue weighted by Crippen LogP contribution is -2.40. The molecule has 1 fully saturated rings. The highest BCUT2D eigenvalue weighted by Crippen LogP contribution is 2.32. The highest BCUT2D eigenvalue weighted by molar-refractivity contribution is 6.27. The number of likely N-dealkylation sites (N-methyl/N-ethyl adjacent to an activating group) is 1. The van der Waals surface area contributed by atoms with Gasteiger partial charge in [-0.2, -0.15) is 5.10 Å². The SMILES string of the molecule is CN(C(=O)CCl)C1CCCC1n1cccn1.Cl. The third kappa shape index (κ3) is 2.93. The van der Waals surface area contributed by atoms with Gasteiger partial charge in [0, 0.05) is 19.4 Å². The van der Waals surface area contributed by atoms with Gasteiger partial charge in [0.05, 0.1) is 12.1 Å². The standard InChI is InChI=1S/C11H16ClN3O.ClH/c1-14(11(16)8-12)9-4-2-5-10(9)15-7-3-6-13-15;/h3,6-7,9-10H,2,4-5,8H2,1H3;1H. The van der Waals surface area contributed by atoms with E-state index in [0.717, 1.165) is 19.3 Å². The number of amides is 1. The van der Waals surface area contributed by atoms with E-state index in [1.807, 2.05) is 24.0 Å². The zero-order valence-corrected chi connectivity index (χ0v) is 11.3. The summed E-state index contributed by atoms with van der Waals surface area (Å²) >= 11 is 5.58. The molecule has 2 rings (SSSR count). The fraction of sp³-hybridized carbons (Fsp3) is 0.636. The molecule has 2 unspecified atom stereocenters. The lowest BCUT2D eigenvalue weighted by atomic mass is 10.1. The molecular weight excluding hydrogens is 261 g/mol. The monoisotopic (exact) mass is 277 g/mol. The number of halogens is 2. The summed E-state index contributed by atoms with van der Waals surface area (Å²) in [5, 5.41) is 4.26. The summed E-state index contributed by atoms with van der Waals surface area (Å²) in [6.45, 7) is 0. The maximum absolute atomic E-state index is 11.6. The zero-order valence-electron chi connectivity index (χ0n) is 9.75. The van der Waals surface area contributed by atoms with Gasteiger partial charge in [0.1, 0.15) is 5.88 Å². The molecule has 0 aromatic carbocycles. The Labute approximate surface area is 112 Å². The van der Waals surface area contributed by atoms with Crippen LogP contribution in [0.2, 0.25) is 0 Å². The number of rotatable bonds is 3. The maximum Gasteiger partial charge on any atom is 0.237 e. The van der Waals surface area contributed by atoms with Crippen LogP contribution >= 0.6 is 24.0 Å². The Morgan fingerprint density at radius 3 is 2.94 bits per heavy atom. The first-order valence-electron chi connectivity index (χ1n) is 5.55. The molecule has 1 amide bonds. The number of hydrogen-bond donors (Lipinski definition) is 0. The van der Waals surface area contributed by atoms with Crippen LogP contribution in [-0.2, 0) is 4.79 Å². The van der Waals surface area contributed by atoms with Gasteiger partial charge in [-0.15, -0.1) is 24.0 Å². The van der Waals surface area contributed by atoms with Crippen molar-refractivity contribution in [1.82, 2.24) is 14.7 Å². The van der Waals surface area contributed by atoms with Crippen LogP contribution in [0.25, 0.3) is 0 Å². The number of alkyl halides is 1. The molecule has 2 atom stereocenters. The molecule has 1 aliphatic rings. The minimum atomic E-state index is -0.00859. The number of carbonyl (C=O) groups is 1. The van der Waals surface area contributed by atoms with Crippen molar-refractivity contribution in [3.8, 4) is 0 Å².